The molecule has 2 heterocycles. The number of rotatable bonds is 8. The van der Waals surface area contributed by atoms with Gasteiger partial charge in [-0.1, -0.05) is 25.3 Å². The zero-order valence-corrected chi connectivity index (χ0v) is 17.8. The second-order valence-corrected chi connectivity index (χ2v) is 8.73. The van der Waals surface area contributed by atoms with Crippen molar-refractivity contribution in [1.82, 2.24) is 4.90 Å². The van der Waals surface area contributed by atoms with E-state index in [9.17, 15) is 9.90 Å². The van der Waals surface area contributed by atoms with Crippen LogP contribution in [0.1, 0.15) is 62.7 Å². The van der Waals surface area contributed by atoms with Crippen molar-refractivity contribution in [3.05, 3.63) is 34.2 Å². The molecule has 5 nitrogen and oxygen atoms in total. The molecule has 0 saturated heterocycles. The number of aliphatic hydroxyl groups excluding tert-OH is 1. The van der Waals surface area contributed by atoms with E-state index in [4.69, 9.17) is 9.47 Å². The molecule has 1 fully saturated rings. The number of allylic oxidation sites excluding steroid dienone is 1. The Labute approximate surface area is 172 Å². The van der Waals surface area contributed by atoms with Gasteiger partial charge in [-0.15, -0.1) is 11.3 Å². The SMILES string of the molecule is CCO[C@@H]1OC(C(=O)N(C)C2CCCCC2)=C[C@H](c2cccs2)[C@@H]1CCCO. The predicted molar refractivity (Wildman–Crippen MR) is 111 cm³/mol. The summed E-state index contributed by atoms with van der Waals surface area (Å²) in [6.07, 6.45) is 8.78. The Hall–Kier alpha value is -1.37. The molecule has 1 aromatic heterocycles. The van der Waals surface area contributed by atoms with Gasteiger partial charge in [0.2, 0.25) is 6.29 Å². The van der Waals surface area contributed by atoms with Crippen LogP contribution in [0, 0.1) is 5.92 Å². The first-order valence-electron chi connectivity index (χ1n) is 10.6. The molecule has 0 radical (unpaired) electrons. The van der Waals surface area contributed by atoms with Gasteiger partial charge < -0.3 is 19.5 Å². The molecule has 28 heavy (non-hydrogen) atoms. The standard InChI is InChI=1S/C22H33NO4S/c1-3-26-22-17(11-7-13-24)18(20-12-8-14-28-20)15-19(27-22)21(25)23(2)16-9-5-4-6-10-16/h8,12,14-18,22,24H,3-7,9-11,13H2,1-2H3/t17-,18-,22+/m0/s1. The van der Waals surface area contributed by atoms with Crippen LogP contribution >= 0.6 is 11.3 Å². The summed E-state index contributed by atoms with van der Waals surface area (Å²) in [4.78, 5) is 16.3. The topological polar surface area (TPSA) is 59.0 Å². The Morgan fingerprint density at radius 3 is 2.79 bits per heavy atom. The lowest BCUT2D eigenvalue weighted by Gasteiger charge is -2.38. The molecule has 1 N–H and O–H groups in total. The lowest BCUT2D eigenvalue weighted by atomic mass is 9.84. The zero-order valence-electron chi connectivity index (χ0n) is 17.0. The minimum atomic E-state index is -0.465. The first kappa shape index (κ1) is 21.3. The van der Waals surface area contributed by atoms with Crippen molar-refractivity contribution < 1.29 is 19.4 Å². The van der Waals surface area contributed by atoms with E-state index in [-0.39, 0.29) is 24.3 Å². The molecule has 1 amide bonds. The molecule has 2 aliphatic rings. The molecule has 0 spiro atoms. The smallest absolute Gasteiger partial charge is 0.288 e. The van der Waals surface area contributed by atoms with E-state index in [1.165, 1.54) is 24.1 Å². The summed E-state index contributed by atoms with van der Waals surface area (Å²) in [5, 5.41) is 11.4. The van der Waals surface area contributed by atoms with Gasteiger partial charge in [0.05, 0.1) is 0 Å². The van der Waals surface area contributed by atoms with Gasteiger partial charge in [-0.3, -0.25) is 4.79 Å². The van der Waals surface area contributed by atoms with E-state index in [1.54, 1.807) is 11.3 Å². The minimum absolute atomic E-state index is 0.0428. The Bertz CT molecular complexity index is 639. The Morgan fingerprint density at radius 2 is 2.14 bits per heavy atom. The van der Waals surface area contributed by atoms with Gasteiger partial charge >= 0.3 is 0 Å². The number of aliphatic hydroxyl groups is 1. The number of hydrogen-bond acceptors (Lipinski definition) is 5. The van der Waals surface area contributed by atoms with Crippen molar-refractivity contribution >= 4 is 17.2 Å². The van der Waals surface area contributed by atoms with Gasteiger partial charge in [0, 0.05) is 43.0 Å². The number of thiophene rings is 1. The van der Waals surface area contributed by atoms with Crippen molar-refractivity contribution in [2.24, 2.45) is 5.92 Å². The fourth-order valence-electron chi connectivity index (χ4n) is 4.38. The number of amides is 1. The maximum absolute atomic E-state index is 13.2. The first-order chi connectivity index (χ1) is 13.7. The molecule has 156 valence electrons. The van der Waals surface area contributed by atoms with Gasteiger partial charge in [0.25, 0.3) is 5.91 Å². The van der Waals surface area contributed by atoms with Gasteiger partial charge in [0.15, 0.2) is 5.76 Å². The molecule has 1 aromatic rings. The van der Waals surface area contributed by atoms with Crippen LogP contribution in [0.25, 0.3) is 0 Å². The average Bonchev–Trinajstić information content (AvgIpc) is 3.27. The van der Waals surface area contributed by atoms with E-state index < -0.39 is 6.29 Å². The number of carbonyl (C=O) groups excluding carboxylic acids is 1. The highest BCUT2D eigenvalue weighted by atomic mass is 32.1. The Morgan fingerprint density at radius 1 is 1.36 bits per heavy atom. The molecule has 1 aliphatic carbocycles. The van der Waals surface area contributed by atoms with E-state index in [0.717, 1.165) is 19.3 Å². The van der Waals surface area contributed by atoms with Crippen LogP contribution < -0.4 is 0 Å². The Balaban J connectivity index is 1.85. The van der Waals surface area contributed by atoms with Crippen molar-refractivity contribution in [3.63, 3.8) is 0 Å². The van der Waals surface area contributed by atoms with E-state index in [2.05, 4.69) is 11.4 Å². The van der Waals surface area contributed by atoms with Crippen molar-refractivity contribution in [2.75, 3.05) is 20.3 Å². The number of nitrogens with zero attached hydrogens (tertiary/aromatic N) is 1. The van der Waals surface area contributed by atoms with Crippen LogP contribution in [0.15, 0.2) is 29.3 Å². The van der Waals surface area contributed by atoms with Crippen LogP contribution in [0.4, 0.5) is 0 Å². The van der Waals surface area contributed by atoms with Gasteiger partial charge in [-0.2, -0.15) is 0 Å². The fraction of sp³-hybridized carbons (Fsp3) is 0.682. The third-order valence-electron chi connectivity index (χ3n) is 5.94. The number of hydrogen-bond donors (Lipinski definition) is 1. The van der Waals surface area contributed by atoms with Crippen LogP contribution in [-0.2, 0) is 14.3 Å². The maximum Gasteiger partial charge on any atom is 0.288 e. The van der Waals surface area contributed by atoms with Crippen molar-refractivity contribution in [3.8, 4) is 0 Å². The lowest BCUT2D eigenvalue weighted by Crippen LogP contribution is -2.43. The molecule has 3 atom stereocenters. The first-order valence-corrected chi connectivity index (χ1v) is 11.4. The number of ether oxygens (including phenoxy) is 2. The normalized spacial score (nSPS) is 25.8. The molecule has 0 bridgehead atoms. The zero-order chi connectivity index (χ0) is 19.9. The maximum atomic E-state index is 13.2. The molecule has 6 heteroatoms. The number of carbonyl (C=O) groups is 1. The van der Waals surface area contributed by atoms with Crippen LogP contribution in [-0.4, -0.2) is 48.5 Å². The summed E-state index contributed by atoms with van der Waals surface area (Å²) in [5.74, 6) is 0.516. The highest BCUT2D eigenvalue weighted by Crippen LogP contribution is 2.41. The molecule has 0 unspecified atom stereocenters. The summed E-state index contributed by atoms with van der Waals surface area (Å²) in [7, 11) is 1.90. The van der Waals surface area contributed by atoms with Crippen LogP contribution in [0.5, 0.6) is 0 Å². The highest BCUT2D eigenvalue weighted by Gasteiger charge is 2.39. The summed E-state index contributed by atoms with van der Waals surface area (Å²) in [5.41, 5.74) is 0. The lowest BCUT2D eigenvalue weighted by molar-refractivity contribution is -0.170. The average molecular weight is 408 g/mol. The molecular formula is C22H33NO4S. The monoisotopic (exact) mass is 407 g/mol. The van der Waals surface area contributed by atoms with Gasteiger partial charge in [-0.25, -0.2) is 0 Å². The van der Waals surface area contributed by atoms with Gasteiger partial charge in [0.1, 0.15) is 0 Å². The van der Waals surface area contributed by atoms with Gasteiger partial charge in [-0.05, 0) is 50.1 Å². The summed E-state index contributed by atoms with van der Waals surface area (Å²) in [6, 6.07) is 4.44. The minimum Gasteiger partial charge on any atom is -0.459 e. The quantitative estimate of drug-likeness (QED) is 0.698. The van der Waals surface area contributed by atoms with Crippen LogP contribution in [0.2, 0.25) is 0 Å². The fourth-order valence-corrected chi connectivity index (χ4v) is 5.25. The van der Waals surface area contributed by atoms with Crippen molar-refractivity contribution in [1.29, 1.82) is 0 Å². The summed E-state index contributed by atoms with van der Waals surface area (Å²) < 4.78 is 12.0. The molecule has 1 saturated carbocycles. The van der Waals surface area contributed by atoms with E-state index in [1.807, 2.05) is 31.0 Å². The molecule has 0 aromatic carbocycles. The molecule has 1 aliphatic heterocycles. The van der Waals surface area contributed by atoms with E-state index in [0.29, 0.717) is 24.8 Å². The summed E-state index contributed by atoms with van der Waals surface area (Å²) >= 11 is 1.69. The predicted octanol–water partition coefficient (Wildman–Crippen LogP) is 4.29. The van der Waals surface area contributed by atoms with E-state index >= 15 is 0 Å². The third kappa shape index (κ3) is 4.97. The molecule has 3 rings (SSSR count). The molecular weight excluding hydrogens is 374 g/mol. The third-order valence-corrected chi connectivity index (χ3v) is 6.91. The second-order valence-electron chi connectivity index (χ2n) is 7.75. The largest absolute Gasteiger partial charge is 0.459 e. The Kier molecular flexibility index (Phi) is 7.94. The number of likely N-dealkylation sites (N-methyl/N-ethyl adjacent to an activating group) is 1. The summed E-state index contributed by atoms with van der Waals surface area (Å²) in [6.45, 7) is 2.62. The van der Waals surface area contributed by atoms with Crippen LogP contribution in [0.3, 0.4) is 0 Å². The van der Waals surface area contributed by atoms with Crippen molar-refractivity contribution in [2.45, 2.75) is 70.1 Å². The highest BCUT2D eigenvalue weighted by molar-refractivity contribution is 7.10. The second kappa shape index (κ2) is 10.4.